The summed E-state index contributed by atoms with van der Waals surface area (Å²) in [5.74, 6) is -0.125. The van der Waals surface area contributed by atoms with Gasteiger partial charge in [0.05, 0.1) is 10.7 Å². The maximum Gasteiger partial charge on any atom is 0.234 e. The zero-order valence-electron chi connectivity index (χ0n) is 10.6. The van der Waals surface area contributed by atoms with E-state index in [1.807, 2.05) is 13.8 Å². The number of aromatic nitrogens is 3. The quantitative estimate of drug-likeness (QED) is 0.878. The molecule has 6 nitrogen and oxygen atoms in total. The van der Waals surface area contributed by atoms with Crippen molar-refractivity contribution in [1.82, 2.24) is 15.2 Å². The second-order valence-corrected chi connectivity index (χ2v) is 8.12. The van der Waals surface area contributed by atoms with E-state index >= 15 is 0 Å². The predicted octanol–water partition coefficient (Wildman–Crippen LogP) is 2.10. The van der Waals surface area contributed by atoms with Crippen molar-refractivity contribution in [3.8, 4) is 0 Å². The average molecular weight is 318 g/mol. The number of nitrogens with zero attached hydrogens (tertiary/aromatic N) is 3. The molecule has 0 spiro atoms. The van der Waals surface area contributed by atoms with Crippen LogP contribution in [0.4, 0.5) is 5.13 Å². The zero-order valence-corrected chi connectivity index (χ0v) is 13.0. The standard InChI is InChI=1S/C10H14N4O2S3/c1-3-4-11-9-13-14-10(18-9)19(15,16)6-8-5-17-7(2)12-8/h5H,3-4,6H2,1-2H3,(H,11,13). The van der Waals surface area contributed by atoms with Crippen molar-refractivity contribution in [2.45, 2.75) is 30.4 Å². The molecule has 0 aliphatic carbocycles. The summed E-state index contributed by atoms with van der Waals surface area (Å²) in [6.07, 6.45) is 0.944. The number of thiazole rings is 1. The van der Waals surface area contributed by atoms with Gasteiger partial charge in [0.1, 0.15) is 5.75 Å². The van der Waals surface area contributed by atoms with E-state index in [2.05, 4.69) is 20.5 Å². The van der Waals surface area contributed by atoms with E-state index in [4.69, 9.17) is 0 Å². The van der Waals surface area contributed by atoms with Gasteiger partial charge >= 0.3 is 0 Å². The van der Waals surface area contributed by atoms with Gasteiger partial charge in [0.15, 0.2) is 0 Å². The Labute approximate surface area is 119 Å². The van der Waals surface area contributed by atoms with Gasteiger partial charge in [-0.15, -0.1) is 21.5 Å². The summed E-state index contributed by atoms with van der Waals surface area (Å²) >= 11 is 2.50. The third kappa shape index (κ3) is 3.71. The number of sulfone groups is 1. The highest BCUT2D eigenvalue weighted by Crippen LogP contribution is 2.23. The number of nitrogens with one attached hydrogen (secondary N) is 1. The third-order valence-corrected chi connectivity index (χ3v) is 6.00. The lowest BCUT2D eigenvalue weighted by molar-refractivity contribution is 0.592. The highest BCUT2D eigenvalue weighted by molar-refractivity contribution is 7.92. The van der Waals surface area contributed by atoms with E-state index in [1.165, 1.54) is 11.3 Å². The predicted molar refractivity (Wildman–Crippen MR) is 76.4 cm³/mol. The Balaban J connectivity index is 2.13. The highest BCUT2D eigenvalue weighted by Gasteiger charge is 2.22. The molecule has 1 N–H and O–H groups in total. The van der Waals surface area contributed by atoms with Gasteiger partial charge in [-0.2, -0.15) is 0 Å². The molecule has 2 heterocycles. The van der Waals surface area contributed by atoms with Crippen LogP contribution in [0.5, 0.6) is 0 Å². The zero-order chi connectivity index (χ0) is 13.9. The smallest absolute Gasteiger partial charge is 0.234 e. The summed E-state index contributed by atoms with van der Waals surface area (Å²) < 4.78 is 24.3. The van der Waals surface area contributed by atoms with Crippen molar-refractivity contribution < 1.29 is 8.42 Å². The summed E-state index contributed by atoms with van der Waals surface area (Å²) in [4.78, 5) is 4.16. The molecule has 0 aliphatic rings. The van der Waals surface area contributed by atoms with Gasteiger partial charge in [0.2, 0.25) is 19.3 Å². The molecule has 0 aromatic carbocycles. The first kappa shape index (κ1) is 14.4. The van der Waals surface area contributed by atoms with Crippen molar-refractivity contribution in [2.24, 2.45) is 0 Å². The van der Waals surface area contributed by atoms with Gasteiger partial charge in [0, 0.05) is 11.9 Å². The molecule has 0 radical (unpaired) electrons. The largest absolute Gasteiger partial charge is 0.360 e. The Morgan fingerprint density at radius 1 is 1.37 bits per heavy atom. The molecule has 0 amide bonds. The second-order valence-electron chi connectivity index (χ2n) is 3.92. The lowest BCUT2D eigenvalue weighted by Crippen LogP contribution is -2.05. The minimum atomic E-state index is -3.46. The summed E-state index contributed by atoms with van der Waals surface area (Å²) in [5.41, 5.74) is 0.556. The van der Waals surface area contributed by atoms with Gasteiger partial charge in [-0.1, -0.05) is 18.3 Å². The van der Waals surface area contributed by atoms with Crippen LogP contribution in [0.25, 0.3) is 0 Å². The van der Waals surface area contributed by atoms with Gasteiger partial charge in [0.25, 0.3) is 0 Å². The fourth-order valence-corrected chi connectivity index (χ4v) is 4.34. The number of anilines is 1. The van der Waals surface area contributed by atoms with Crippen molar-refractivity contribution in [3.63, 3.8) is 0 Å². The van der Waals surface area contributed by atoms with Crippen molar-refractivity contribution in [1.29, 1.82) is 0 Å². The van der Waals surface area contributed by atoms with Crippen LogP contribution in [-0.2, 0) is 15.6 Å². The van der Waals surface area contributed by atoms with Crippen LogP contribution in [0, 0.1) is 6.92 Å². The van der Waals surface area contributed by atoms with Crippen molar-refractivity contribution >= 4 is 37.6 Å². The van der Waals surface area contributed by atoms with Crippen LogP contribution < -0.4 is 5.32 Å². The molecule has 19 heavy (non-hydrogen) atoms. The first-order chi connectivity index (χ1) is 9.01. The molecule has 2 aromatic rings. The van der Waals surface area contributed by atoms with Crippen molar-refractivity contribution in [2.75, 3.05) is 11.9 Å². The first-order valence-corrected chi connectivity index (χ1v) is 9.07. The minimum absolute atomic E-state index is 0.0387. The first-order valence-electron chi connectivity index (χ1n) is 5.72. The molecule has 104 valence electrons. The van der Waals surface area contributed by atoms with Crippen LogP contribution in [0.3, 0.4) is 0 Å². The number of hydrogen-bond donors (Lipinski definition) is 1. The minimum Gasteiger partial charge on any atom is -0.360 e. The molecule has 2 rings (SSSR count). The Kier molecular flexibility index (Phi) is 4.48. The Hall–Kier alpha value is -1.06. The maximum absolute atomic E-state index is 12.1. The monoisotopic (exact) mass is 318 g/mol. The maximum atomic E-state index is 12.1. The molecule has 0 saturated carbocycles. The topological polar surface area (TPSA) is 84.8 Å². The van der Waals surface area contributed by atoms with E-state index in [1.54, 1.807) is 5.38 Å². The van der Waals surface area contributed by atoms with Gasteiger partial charge < -0.3 is 5.32 Å². The molecule has 2 aromatic heterocycles. The second kappa shape index (κ2) is 5.93. The molecule has 0 atom stereocenters. The van der Waals surface area contributed by atoms with E-state index in [9.17, 15) is 8.42 Å². The summed E-state index contributed by atoms with van der Waals surface area (Å²) in [6.45, 7) is 4.62. The SMILES string of the molecule is CCCNc1nnc(S(=O)(=O)Cc2csc(C)n2)s1. The van der Waals surface area contributed by atoms with Crippen LogP contribution >= 0.6 is 22.7 Å². The Bertz CT molecular complexity index is 647. The number of rotatable bonds is 6. The average Bonchev–Trinajstić information content (AvgIpc) is 2.95. The molecule has 0 saturated heterocycles. The molecule has 9 heteroatoms. The Morgan fingerprint density at radius 3 is 2.79 bits per heavy atom. The molecule has 0 fully saturated rings. The highest BCUT2D eigenvalue weighted by atomic mass is 32.2. The van der Waals surface area contributed by atoms with Crippen molar-refractivity contribution in [3.05, 3.63) is 16.1 Å². The fourth-order valence-electron chi connectivity index (χ4n) is 1.37. The van der Waals surface area contributed by atoms with Gasteiger partial charge in [-0.25, -0.2) is 13.4 Å². The summed E-state index contributed by atoms with van der Waals surface area (Å²) in [7, 11) is -3.46. The summed E-state index contributed by atoms with van der Waals surface area (Å²) in [5, 5.41) is 13.7. The van der Waals surface area contributed by atoms with E-state index < -0.39 is 9.84 Å². The van der Waals surface area contributed by atoms with Crippen LogP contribution in [0.1, 0.15) is 24.0 Å². The molecule has 0 aliphatic heterocycles. The van der Waals surface area contributed by atoms with Crippen LogP contribution in [0.2, 0.25) is 0 Å². The lowest BCUT2D eigenvalue weighted by atomic mass is 10.5. The fraction of sp³-hybridized carbons (Fsp3) is 0.500. The van der Waals surface area contributed by atoms with E-state index in [0.29, 0.717) is 10.8 Å². The van der Waals surface area contributed by atoms with Gasteiger partial charge in [-0.05, 0) is 13.3 Å². The third-order valence-electron chi connectivity index (χ3n) is 2.20. The lowest BCUT2D eigenvalue weighted by Gasteiger charge is -1.97. The van der Waals surface area contributed by atoms with Gasteiger partial charge in [-0.3, -0.25) is 0 Å². The molecule has 0 unspecified atom stereocenters. The molecule has 0 bridgehead atoms. The van der Waals surface area contributed by atoms with E-state index in [0.717, 1.165) is 29.3 Å². The van der Waals surface area contributed by atoms with Crippen LogP contribution in [-0.4, -0.2) is 30.1 Å². The molecular weight excluding hydrogens is 304 g/mol. The van der Waals surface area contributed by atoms with Crippen LogP contribution in [0.15, 0.2) is 9.72 Å². The number of aryl methyl sites for hydroxylation is 1. The summed E-state index contributed by atoms with van der Waals surface area (Å²) in [6, 6.07) is 0. The molecular formula is C10H14N4O2S3. The Morgan fingerprint density at radius 2 is 2.16 bits per heavy atom. The number of hydrogen-bond acceptors (Lipinski definition) is 8. The normalized spacial score (nSPS) is 11.7. The van der Waals surface area contributed by atoms with E-state index in [-0.39, 0.29) is 10.1 Å².